The smallest absolute Gasteiger partial charge is 0.272 e. The third-order valence-corrected chi connectivity index (χ3v) is 4.33. The normalized spacial score (nSPS) is 26.1. The minimum absolute atomic E-state index is 0.0956. The molecule has 2 amide bonds. The lowest BCUT2D eigenvalue weighted by Crippen LogP contribution is -2.45. The van der Waals surface area contributed by atoms with E-state index in [0.717, 1.165) is 38.8 Å². The van der Waals surface area contributed by atoms with Gasteiger partial charge in [-0.1, -0.05) is 0 Å². The highest BCUT2D eigenvalue weighted by molar-refractivity contribution is 5.96. The summed E-state index contributed by atoms with van der Waals surface area (Å²) in [4.78, 5) is 24.2. The van der Waals surface area contributed by atoms with Gasteiger partial charge in [-0.05, 0) is 44.7 Å². The molecule has 0 aliphatic carbocycles. The van der Waals surface area contributed by atoms with E-state index in [4.69, 9.17) is 0 Å². The highest BCUT2D eigenvalue weighted by Gasteiger charge is 2.24. The molecule has 2 aliphatic rings. The predicted molar refractivity (Wildman–Crippen MR) is 81.5 cm³/mol. The van der Waals surface area contributed by atoms with Crippen molar-refractivity contribution in [2.75, 3.05) is 19.6 Å². The number of rotatable bonds is 3. The number of carbonyl (C=O) groups excluding carboxylic acids is 2. The molecule has 3 rings (SSSR count). The zero-order chi connectivity index (χ0) is 15.4. The summed E-state index contributed by atoms with van der Waals surface area (Å²) in [6, 6.07) is 1.58. The van der Waals surface area contributed by atoms with Crippen molar-refractivity contribution in [2.24, 2.45) is 0 Å². The molecule has 3 heterocycles. The summed E-state index contributed by atoms with van der Waals surface area (Å²) in [5.74, 6) is -0.369. The molecule has 0 bridgehead atoms. The third kappa shape index (κ3) is 3.47. The summed E-state index contributed by atoms with van der Waals surface area (Å²) in [5, 5.41) is 13.3. The lowest BCUT2D eigenvalue weighted by atomic mass is 10.1. The summed E-state index contributed by atoms with van der Waals surface area (Å²) in [5.41, 5.74) is 0.377. The van der Waals surface area contributed by atoms with Crippen LogP contribution in [0.2, 0.25) is 0 Å². The minimum atomic E-state index is -0.448. The van der Waals surface area contributed by atoms with Crippen LogP contribution in [0.25, 0.3) is 0 Å². The summed E-state index contributed by atoms with van der Waals surface area (Å²) in [6.45, 7) is 2.62. The van der Waals surface area contributed by atoms with E-state index in [1.54, 1.807) is 6.07 Å². The van der Waals surface area contributed by atoms with Crippen LogP contribution in [0, 0.1) is 0 Å². The molecular formula is C15H23N5O2. The standard InChI is InChI=1S/C15H23N5O2/c21-14-12(5-1-2-8-17-14)18-15(22)13-6-9-20(19-13)11-4-3-7-16-10-11/h6,9,11-12,16H,1-5,7-8,10H2,(H,17,21)(H,18,22)/t11-,12-/m1/s1. The average molecular weight is 305 g/mol. The molecule has 0 unspecified atom stereocenters. The number of piperidine rings is 1. The van der Waals surface area contributed by atoms with E-state index in [1.807, 2.05) is 10.9 Å². The Hall–Kier alpha value is -1.89. The van der Waals surface area contributed by atoms with Crippen molar-refractivity contribution in [3.63, 3.8) is 0 Å². The van der Waals surface area contributed by atoms with E-state index in [0.29, 0.717) is 24.7 Å². The summed E-state index contributed by atoms with van der Waals surface area (Å²) in [7, 11) is 0. The number of amides is 2. The second-order valence-corrected chi connectivity index (χ2v) is 5.99. The second kappa shape index (κ2) is 6.91. The second-order valence-electron chi connectivity index (χ2n) is 5.99. The number of aromatic nitrogens is 2. The summed E-state index contributed by atoms with van der Waals surface area (Å²) in [6.07, 6.45) is 6.62. The Morgan fingerprint density at radius 1 is 1.27 bits per heavy atom. The fraction of sp³-hybridized carbons (Fsp3) is 0.667. The van der Waals surface area contributed by atoms with Crippen LogP contribution in [-0.2, 0) is 4.79 Å². The van der Waals surface area contributed by atoms with E-state index in [-0.39, 0.29) is 11.8 Å². The third-order valence-electron chi connectivity index (χ3n) is 4.33. The van der Waals surface area contributed by atoms with Crippen LogP contribution in [0.1, 0.15) is 48.6 Å². The van der Waals surface area contributed by atoms with Crippen LogP contribution >= 0.6 is 0 Å². The van der Waals surface area contributed by atoms with Crippen molar-refractivity contribution in [3.05, 3.63) is 18.0 Å². The number of nitrogens with one attached hydrogen (secondary N) is 3. The largest absolute Gasteiger partial charge is 0.354 e. The molecule has 1 aromatic heterocycles. The van der Waals surface area contributed by atoms with Crippen molar-refractivity contribution in [1.29, 1.82) is 0 Å². The van der Waals surface area contributed by atoms with Gasteiger partial charge in [0.25, 0.3) is 5.91 Å². The van der Waals surface area contributed by atoms with Gasteiger partial charge >= 0.3 is 0 Å². The average Bonchev–Trinajstić information content (AvgIpc) is 2.96. The SMILES string of the molecule is O=C(N[C@@H]1CCCCNC1=O)c1ccn([C@@H]2CCCNC2)n1. The zero-order valence-corrected chi connectivity index (χ0v) is 12.7. The van der Waals surface area contributed by atoms with Crippen molar-refractivity contribution in [1.82, 2.24) is 25.7 Å². The van der Waals surface area contributed by atoms with Gasteiger partial charge in [0.2, 0.25) is 5.91 Å². The van der Waals surface area contributed by atoms with Gasteiger partial charge in [0.1, 0.15) is 11.7 Å². The quantitative estimate of drug-likeness (QED) is 0.745. The summed E-state index contributed by atoms with van der Waals surface area (Å²) >= 11 is 0. The fourth-order valence-corrected chi connectivity index (χ4v) is 3.03. The Morgan fingerprint density at radius 3 is 3.00 bits per heavy atom. The van der Waals surface area contributed by atoms with Crippen LogP contribution in [0.15, 0.2) is 12.3 Å². The molecule has 2 saturated heterocycles. The van der Waals surface area contributed by atoms with E-state index in [2.05, 4.69) is 21.0 Å². The first kappa shape index (κ1) is 15.0. The number of nitrogens with zero attached hydrogens (tertiary/aromatic N) is 2. The van der Waals surface area contributed by atoms with Gasteiger partial charge in [-0.25, -0.2) is 0 Å². The monoisotopic (exact) mass is 305 g/mol. The highest BCUT2D eigenvalue weighted by atomic mass is 16.2. The Bertz CT molecular complexity index is 536. The summed E-state index contributed by atoms with van der Waals surface area (Å²) < 4.78 is 1.86. The van der Waals surface area contributed by atoms with Gasteiger partial charge in [0.05, 0.1) is 6.04 Å². The molecule has 7 nitrogen and oxygen atoms in total. The molecule has 2 atom stereocenters. The molecule has 22 heavy (non-hydrogen) atoms. The van der Waals surface area contributed by atoms with Crippen LogP contribution in [0.4, 0.5) is 0 Å². The van der Waals surface area contributed by atoms with Crippen molar-refractivity contribution < 1.29 is 9.59 Å². The zero-order valence-electron chi connectivity index (χ0n) is 12.7. The van der Waals surface area contributed by atoms with Gasteiger partial charge in [-0.15, -0.1) is 0 Å². The van der Waals surface area contributed by atoms with Crippen LogP contribution < -0.4 is 16.0 Å². The topological polar surface area (TPSA) is 88.0 Å². The molecule has 1 aromatic rings. The van der Waals surface area contributed by atoms with E-state index < -0.39 is 6.04 Å². The molecule has 2 aliphatic heterocycles. The first-order chi connectivity index (χ1) is 10.7. The molecule has 7 heteroatoms. The van der Waals surface area contributed by atoms with Gasteiger partial charge in [0.15, 0.2) is 0 Å². The van der Waals surface area contributed by atoms with Gasteiger partial charge in [-0.3, -0.25) is 14.3 Å². The number of hydrogen-bond acceptors (Lipinski definition) is 4. The predicted octanol–water partition coefficient (Wildman–Crippen LogP) is 0.206. The fourth-order valence-electron chi connectivity index (χ4n) is 3.03. The molecule has 0 saturated carbocycles. The molecule has 3 N–H and O–H groups in total. The minimum Gasteiger partial charge on any atom is -0.354 e. The maximum Gasteiger partial charge on any atom is 0.272 e. The Labute approximate surface area is 129 Å². The van der Waals surface area contributed by atoms with Gasteiger partial charge in [0, 0.05) is 19.3 Å². The Morgan fingerprint density at radius 2 is 2.18 bits per heavy atom. The molecule has 0 spiro atoms. The Kier molecular flexibility index (Phi) is 4.72. The van der Waals surface area contributed by atoms with Crippen LogP contribution in [0.5, 0.6) is 0 Å². The first-order valence-corrected chi connectivity index (χ1v) is 8.08. The number of carbonyl (C=O) groups is 2. The van der Waals surface area contributed by atoms with Crippen LogP contribution in [-0.4, -0.2) is 47.3 Å². The highest BCUT2D eigenvalue weighted by Crippen LogP contribution is 2.16. The molecule has 0 aromatic carbocycles. The lowest BCUT2D eigenvalue weighted by Gasteiger charge is -2.22. The lowest BCUT2D eigenvalue weighted by molar-refractivity contribution is -0.122. The van der Waals surface area contributed by atoms with Gasteiger partial charge < -0.3 is 16.0 Å². The molecule has 0 radical (unpaired) electrons. The maximum atomic E-state index is 12.3. The Balaban J connectivity index is 1.62. The first-order valence-electron chi connectivity index (χ1n) is 8.08. The van der Waals surface area contributed by atoms with E-state index >= 15 is 0 Å². The molecular weight excluding hydrogens is 282 g/mol. The van der Waals surface area contributed by atoms with Crippen LogP contribution in [0.3, 0.4) is 0 Å². The van der Waals surface area contributed by atoms with Crippen molar-refractivity contribution >= 4 is 11.8 Å². The van der Waals surface area contributed by atoms with Crippen molar-refractivity contribution in [2.45, 2.75) is 44.2 Å². The number of hydrogen-bond donors (Lipinski definition) is 3. The molecule has 2 fully saturated rings. The molecule has 120 valence electrons. The van der Waals surface area contributed by atoms with E-state index in [1.165, 1.54) is 0 Å². The van der Waals surface area contributed by atoms with Gasteiger partial charge in [-0.2, -0.15) is 5.10 Å². The maximum absolute atomic E-state index is 12.3. The van der Waals surface area contributed by atoms with E-state index in [9.17, 15) is 9.59 Å². The van der Waals surface area contributed by atoms with Crippen molar-refractivity contribution in [3.8, 4) is 0 Å².